The Morgan fingerprint density at radius 1 is 1.10 bits per heavy atom. The van der Waals surface area contributed by atoms with Gasteiger partial charge in [-0.25, -0.2) is 4.79 Å². The van der Waals surface area contributed by atoms with Gasteiger partial charge in [-0.1, -0.05) is 12.8 Å². The van der Waals surface area contributed by atoms with Gasteiger partial charge in [0.1, 0.15) is 0 Å². The zero-order valence-electron chi connectivity index (χ0n) is 12.7. The highest BCUT2D eigenvalue weighted by Crippen LogP contribution is 2.20. The number of carbonyl (C=O) groups excluding carboxylic acids is 1. The fraction of sp³-hybridized carbons (Fsp3) is 0.867. The third-order valence-corrected chi connectivity index (χ3v) is 4.47. The van der Waals surface area contributed by atoms with Crippen molar-refractivity contribution in [1.29, 1.82) is 0 Å². The van der Waals surface area contributed by atoms with Crippen LogP contribution in [0.1, 0.15) is 44.9 Å². The first-order chi connectivity index (χ1) is 10.2. The van der Waals surface area contributed by atoms with Crippen molar-refractivity contribution in [2.24, 2.45) is 0 Å². The third-order valence-electron chi connectivity index (χ3n) is 4.47. The summed E-state index contributed by atoms with van der Waals surface area (Å²) in [6, 6.07) is 0.590. The maximum absolute atomic E-state index is 12.1. The molecular weight excluding hydrogens is 270 g/mol. The largest absolute Gasteiger partial charge is 0.481 e. The summed E-state index contributed by atoms with van der Waals surface area (Å²) in [5.74, 6) is -0.746. The monoisotopic (exact) mass is 297 g/mol. The molecule has 2 aliphatic heterocycles. The molecule has 2 rings (SSSR count). The van der Waals surface area contributed by atoms with Crippen LogP contribution in [-0.2, 0) is 4.79 Å². The third kappa shape index (κ3) is 5.19. The number of piperidine rings is 1. The lowest BCUT2D eigenvalue weighted by molar-refractivity contribution is -0.137. The van der Waals surface area contributed by atoms with Gasteiger partial charge < -0.3 is 15.3 Å². The van der Waals surface area contributed by atoms with Crippen molar-refractivity contribution in [2.45, 2.75) is 51.0 Å². The number of carboxylic acids is 1. The Hall–Kier alpha value is -1.30. The number of amides is 2. The number of fused-ring (bicyclic) bond motifs is 1. The summed E-state index contributed by atoms with van der Waals surface area (Å²) in [5.41, 5.74) is 0. The maximum Gasteiger partial charge on any atom is 0.317 e. The minimum atomic E-state index is -0.746. The second kappa shape index (κ2) is 8.22. The summed E-state index contributed by atoms with van der Waals surface area (Å²) < 4.78 is 0. The standard InChI is InChI=1S/C15H27N3O3/c19-14(20)7-2-1-4-8-16-15(21)18-11-10-17-9-5-3-6-13(17)12-18/h13H,1-12H2,(H,16,21)(H,19,20). The number of urea groups is 1. The molecular formula is C15H27N3O3. The van der Waals surface area contributed by atoms with Gasteiger partial charge in [-0.2, -0.15) is 0 Å². The maximum atomic E-state index is 12.1. The van der Waals surface area contributed by atoms with Crippen molar-refractivity contribution >= 4 is 12.0 Å². The van der Waals surface area contributed by atoms with Gasteiger partial charge >= 0.3 is 12.0 Å². The fourth-order valence-corrected chi connectivity index (χ4v) is 3.23. The number of aliphatic carboxylic acids is 1. The summed E-state index contributed by atoms with van der Waals surface area (Å²) in [6.45, 7) is 4.50. The molecule has 2 saturated heterocycles. The molecule has 6 nitrogen and oxygen atoms in total. The number of hydrogen-bond acceptors (Lipinski definition) is 3. The minimum absolute atomic E-state index is 0.0402. The van der Waals surface area contributed by atoms with Gasteiger partial charge in [0.15, 0.2) is 0 Å². The molecule has 2 amide bonds. The van der Waals surface area contributed by atoms with E-state index in [0.29, 0.717) is 19.0 Å². The summed E-state index contributed by atoms with van der Waals surface area (Å²) in [7, 11) is 0. The zero-order valence-corrected chi connectivity index (χ0v) is 12.7. The lowest BCUT2D eigenvalue weighted by Crippen LogP contribution is -2.58. The van der Waals surface area contributed by atoms with Crippen LogP contribution in [0, 0.1) is 0 Å². The zero-order chi connectivity index (χ0) is 15.1. The van der Waals surface area contributed by atoms with Gasteiger partial charge in [-0.3, -0.25) is 9.69 Å². The van der Waals surface area contributed by atoms with Crippen molar-refractivity contribution < 1.29 is 14.7 Å². The smallest absolute Gasteiger partial charge is 0.317 e. The molecule has 0 aliphatic carbocycles. The highest BCUT2D eigenvalue weighted by Gasteiger charge is 2.30. The number of nitrogens with one attached hydrogen (secondary N) is 1. The van der Waals surface area contributed by atoms with Gasteiger partial charge in [0.25, 0.3) is 0 Å². The van der Waals surface area contributed by atoms with Crippen molar-refractivity contribution in [1.82, 2.24) is 15.1 Å². The summed E-state index contributed by atoms with van der Waals surface area (Å²) in [4.78, 5) is 26.9. The predicted octanol–water partition coefficient (Wildman–Crippen LogP) is 1.51. The molecule has 0 aromatic carbocycles. The molecule has 1 atom stereocenters. The van der Waals surface area contributed by atoms with Gasteiger partial charge in [0.2, 0.25) is 0 Å². The average Bonchev–Trinajstić information content (AvgIpc) is 2.49. The summed E-state index contributed by atoms with van der Waals surface area (Å²) >= 11 is 0. The van der Waals surface area contributed by atoms with Crippen LogP contribution in [0.5, 0.6) is 0 Å². The Bertz CT molecular complexity index is 362. The number of rotatable bonds is 6. The molecule has 1 unspecified atom stereocenters. The van der Waals surface area contributed by atoms with Gasteiger partial charge in [-0.05, 0) is 32.2 Å². The second-order valence-electron chi connectivity index (χ2n) is 6.07. The Labute approximate surface area is 126 Å². The molecule has 120 valence electrons. The van der Waals surface area contributed by atoms with E-state index in [-0.39, 0.29) is 12.5 Å². The van der Waals surface area contributed by atoms with Crippen molar-refractivity contribution in [2.75, 3.05) is 32.7 Å². The van der Waals surface area contributed by atoms with Gasteiger partial charge in [0.05, 0.1) is 0 Å². The highest BCUT2D eigenvalue weighted by atomic mass is 16.4. The molecule has 0 aromatic rings. The SMILES string of the molecule is O=C(O)CCCCCNC(=O)N1CCN2CCCCC2C1. The molecule has 6 heteroatoms. The number of carboxylic acid groups (broad SMARTS) is 1. The Kier molecular flexibility index (Phi) is 6.29. The molecule has 0 aromatic heterocycles. The first kappa shape index (κ1) is 16.1. The molecule has 2 fully saturated rings. The lowest BCUT2D eigenvalue weighted by Gasteiger charge is -2.43. The van der Waals surface area contributed by atoms with Crippen LogP contribution < -0.4 is 5.32 Å². The summed E-state index contributed by atoms with van der Waals surface area (Å²) in [6.07, 6.45) is 6.38. The van der Waals surface area contributed by atoms with E-state index in [9.17, 15) is 9.59 Å². The van der Waals surface area contributed by atoms with Crippen molar-refractivity contribution in [3.63, 3.8) is 0 Å². The van der Waals surface area contributed by atoms with Crippen LogP contribution in [0.4, 0.5) is 4.79 Å². The Morgan fingerprint density at radius 3 is 2.76 bits per heavy atom. The number of piperazine rings is 1. The van der Waals surface area contributed by atoms with Crippen LogP contribution in [0.15, 0.2) is 0 Å². The predicted molar refractivity (Wildman–Crippen MR) is 80.3 cm³/mol. The van der Waals surface area contributed by atoms with E-state index in [4.69, 9.17) is 5.11 Å². The molecule has 2 heterocycles. The molecule has 21 heavy (non-hydrogen) atoms. The van der Waals surface area contributed by atoms with Gasteiger partial charge in [-0.15, -0.1) is 0 Å². The number of nitrogens with zero attached hydrogens (tertiary/aromatic N) is 2. The van der Waals surface area contributed by atoms with Crippen LogP contribution >= 0.6 is 0 Å². The first-order valence-electron chi connectivity index (χ1n) is 8.15. The first-order valence-corrected chi connectivity index (χ1v) is 8.15. The molecule has 0 spiro atoms. The molecule has 0 bridgehead atoms. The van der Waals surface area contributed by atoms with Crippen LogP contribution in [0.25, 0.3) is 0 Å². The minimum Gasteiger partial charge on any atom is -0.481 e. The highest BCUT2D eigenvalue weighted by molar-refractivity contribution is 5.74. The van der Waals surface area contributed by atoms with E-state index in [2.05, 4.69) is 10.2 Å². The van der Waals surface area contributed by atoms with Crippen LogP contribution in [0.2, 0.25) is 0 Å². The average molecular weight is 297 g/mol. The lowest BCUT2D eigenvalue weighted by atomic mass is 10.00. The molecule has 2 N–H and O–H groups in total. The molecule has 0 radical (unpaired) electrons. The quantitative estimate of drug-likeness (QED) is 0.729. The van der Waals surface area contributed by atoms with Crippen LogP contribution in [-0.4, -0.2) is 65.7 Å². The van der Waals surface area contributed by atoms with Crippen molar-refractivity contribution in [3.8, 4) is 0 Å². The molecule has 0 saturated carbocycles. The van der Waals surface area contributed by atoms with E-state index in [0.717, 1.165) is 32.5 Å². The number of carbonyl (C=O) groups is 2. The number of unbranched alkanes of at least 4 members (excludes halogenated alkanes) is 2. The summed E-state index contributed by atoms with van der Waals surface area (Å²) in [5, 5.41) is 11.5. The Morgan fingerprint density at radius 2 is 1.95 bits per heavy atom. The Balaban J connectivity index is 1.59. The van der Waals surface area contributed by atoms with Crippen LogP contribution in [0.3, 0.4) is 0 Å². The van der Waals surface area contributed by atoms with Gasteiger partial charge in [0, 0.05) is 38.6 Å². The normalized spacial score (nSPS) is 22.7. The van der Waals surface area contributed by atoms with E-state index in [1.807, 2.05) is 4.90 Å². The van der Waals surface area contributed by atoms with Crippen molar-refractivity contribution in [3.05, 3.63) is 0 Å². The second-order valence-corrected chi connectivity index (χ2v) is 6.07. The van der Waals surface area contributed by atoms with E-state index >= 15 is 0 Å². The fourth-order valence-electron chi connectivity index (χ4n) is 3.23. The van der Waals surface area contributed by atoms with E-state index in [1.54, 1.807) is 0 Å². The van der Waals surface area contributed by atoms with E-state index < -0.39 is 5.97 Å². The topological polar surface area (TPSA) is 72.9 Å². The molecule has 2 aliphatic rings. The van der Waals surface area contributed by atoms with E-state index in [1.165, 1.54) is 25.8 Å². The number of hydrogen-bond donors (Lipinski definition) is 2.